The van der Waals surface area contributed by atoms with E-state index in [1.54, 1.807) is 18.2 Å². The zero-order chi connectivity index (χ0) is 16.5. The lowest BCUT2D eigenvalue weighted by Gasteiger charge is -2.09. The molecule has 0 atom stereocenters. The number of ether oxygens (including phenoxy) is 2. The molecule has 0 spiro atoms. The maximum absolute atomic E-state index is 11.3. The number of hydrogen-bond donors (Lipinski definition) is 2. The Hall–Kier alpha value is -2.76. The molecular formula is C16H19NO5. The largest absolute Gasteiger partial charge is 0.497 e. The summed E-state index contributed by atoms with van der Waals surface area (Å²) in [5.74, 6) is -0.269. The summed E-state index contributed by atoms with van der Waals surface area (Å²) in [6, 6.07) is 5.10. The molecule has 0 saturated heterocycles. The highest BCUT2D eigenvalue weighted by Crippen LogP contribution is 2.27. The van der Waals surface area contributed by atoms with Gasteiger partial charge in [0.15, 0.2) is 0 Å². The van der Waals surface area contributed by atoms with E-state index < -0.39 is 5.97 Å². The Morgan fingerprint density at radius 3 is 2.59 bits per heavy atom. The molecule has 0 aliphatic heterocycles. The van der Waals surface area contributed by atoms with Gasteiger partial charge in [0.2, 0.25) is 5.91 Å². The molecule has 0 bridgehead atoms. The highest BCUT2D eigenvalue weighted by atomic mass is 16.5. The minimum absolute atomic E-state index is 0.160. The van der Waals surface area contributed by atoms with Crippen molar-refractivity contribution in [2.75, 3.05) is 20.8 Å². The number of nitrogens with one attached hydrogen (secondary N) is 1. The molecule has 6 heteroatoms. The highest BCUT2D eigenvalue weighted by Gasteiger charge is 2.10. The van der Waals surface area contributed by atoms with Crippen LogP contribution in [0.1, 0.15) is 12.0 Å². The van der Waals surface area contributed by atoms with E-state index in [0.29, 0.717) is 17.1 Å². The molecule has 1 amide bonds. The molecule has 0 unspecified atom stereocenters. The van der Waals surface area contributed by atoms with Crippen molar-refractivity contribution in [1.82, 2.24) is 5.32 Å². The lowest BCUT2D eigenvalue weighted by molar-refractivity contribution is -0.132. The minimum Gasteiger partial charge on any atom is -0.497 e. The molecule has 0 radical (unpaired) electrons. The summed E-state index contributed by atoms with van der Waals surface area (Å²) in [5.41, 5.74) is 0.781. The summed E-state index contributed by atoms with van der Waals surface area (Å²) < 4.78 is 10.3. The quantitative estimate of drug-likeness (QED) is 0.716. The maximum atomic E-state index is 11.3. The average Bonchev–Trinajstić information content (AvgIpc) is 2.53. The lowest BCUT2D eigenvalue weighted by Crippen LogP contribution is -2.23. The summed E-state index contributed by atoms with van der Waals surface area (Å²) in [7, 11) is 3.03. The van der Waals surface area contributed by atoms with Gasteiger partial charge in [-0.05, 0) is 30.7 Å². The van der Waals surface area contributed by atoms with Gasteiger partial charge in [-0.25, -0.2) is 4.79 Å². The Morgan fingerprint density at radius 2 is 2.05 bits per heavy atom. The fraction of sp³-hybridized carbons (Fsp3) is 0.250. The third kappa shape index (κ3) is 4.97. The Morgan fingerprint density at radius 1 is 1.32 bits per heavy atom. The SMILES string of the molecule is C=CC(=O)NCC/C(=C\c1ccc(OC)cc1OC)C(=O)O. The Labute approximate surface area is 129 Å². The first kappa shape index (κ1) is 17.3. The van der Waals surface area contributed by atoms with Gasteiger partial charge >= 0.3 is 5.97 Å². The van der Waals surface area contributed by atoms with Crippen LogP contribution in [0.25, 0.3) is 6.08 Å². The van der Waals surface area contributed by atoms with Crippen molar-refractivity contribution in [1.29, 1.82) is 0 Å². The van der Waals surface area contributed by atoms with E-state index in [9.17, 15) is 14.7 Å². The maximum Gasteiger partial charge on any atom is 0.331 e. The minimum atomic E-state index is -1.05. The van der Waals surface area contributed by atoms with E-state index in [1.807, 2.05) is 0 Å². The fourth-order valence-electron chi connectivity index (χ4n) is 1.76. The molecular weight excluding hydrogens is 286 g/mol. The number of rotatable bonds is 8. The van der Waals surface area contributed by atoms with Crippen LogP contribution in [0.3, 0.4) is 0 Å². The van der Waals surface area contributed by atoms with Crippen LogP contribution in [-0.2, 0) is 9.59 Å². The summed E-state index contributed by atoms with van der Waals surface area (Å²) in [6.45, 7) is 3.54. The number of hydrogen-bond acceptors (Lipinski definition) is 4. The normalized spacial score (nSPS) is 10.7. The van der Waals surface area contributed by atoms with Crippen LogP contribution in [0.15, 0.2) is 36.4 Å². The van der Waals surface area contributed by atoms with Crippen molar-refractivity contribution in [2.45, 2.75) is 6.42 Å². The van der Waals surface area contributed by atoms with Gasteiger partial charge in [0.05, 0.1) is 14.2 Å². The van der Waals surface area contributed by atoms with Crippen LogP contribution in [0, 0.1) is 0 Å². The first-order valence-corrected chi connectivity index (χ1v) is 6.58. The lowest BCUT2D eigenvalue weighted by atomic mass is 10.1. The second-order valence-electron chi connectivity index (χ2n) is 4.33. The van der Waals surface area contributed by atoms with Crippen molar-refractivity contribution >= 4 is 18.0 Å². The molecule has 0 aromatic heterocycles. The molecule has 22 heavy (non-hydrogen) atoms. The van der Waals surface area contributed by atoms with Gasteiger partial charge in [0.25, 0.3) is 0 Å². The molecule has 1 aromatic carbocycles. The molecule has 1 rings (SSSR count). The number of carbonyl (C=O) groups excluding carboxylic acids is 1. The molecule has 0 fully saturated rings. The number of carboxylic acids is 1. The van der Waals surface area contributed by atoms with Crippen LogP contribution >= 0.6 is 0 Å². The van der Waals surface area contributed by atoms with Crippen molar-refractivity contribution < 1.29 is 24.2 Å². The standard InChI is InChI=1S/C16H19NO5/c1-4-15(18)17-8-7-12(16(19)20)9-11-5-6-13(21-2)10-14(11)22-3/h4-6,9-10H,1,7-8H2,2-3H3,(H,17,18)(H,19,20)/b12-9+. The number of benzene rings is 1. The topological polar surface area (TPSA) is 84.9 Å². The zero-order valence-electron chi connectivity index (χ0n) is 12.6. The molecule has 0 saturated carbocycles. The van der Waals surface area contributed by atoms with Crippen LogP contribution in [-0.4, -0.2) is 37.7 Å². The molecule has 6 nitrogen and oxygen atoms in total. The second-order valence-corrected chi connectivity index (χ2v) is 4.33. The van der Waals surface area contributed by atoms with Gasteiger partial charge in [0.1, 0.15) is 11.5 Å². The third-order valence-corrected chi connectivity index (χ3v) is 2.92. The first-order chi connectivity index (χ1) is 10.5. The number of aliphatic carboxylic acids is 1. The summed E-state index contributed by atoms with van der Waals surface area (Å²) in [6.07, 6.45) is 2.83. The van der Waals surface area contributed by atoms with Crippen LogP contribution in [0.5, 0.6) is 11.5 Å². The van der Waals surface area contributed by atoms with Gasteiger partial charge < -0.3 is 19.9 Å². The Bertz CT molecular complexity index is 592. The predicted molar refractivity (Wildman–Crippen MR) is 83.0 cm³/mol. The van der Waals surface area contributed by atoms with Gasteiger partial charge in [-0.3, -0.25) is 4.79 Å². The molecule has 118 valence electrons. The fourth-order valence-corrected chi connectivity index (χ4v) is 1.76. The van der Waals surface area contributed by atoms with Crippen LogP contribution in [0.4, 0.5) is 0 Å². The van der Waals surface area contributed by atoms with E-state index >= 15 is 0 Å². The van der Waals surface area contributed by atoms with E-state index in [0.717, 1.165) is 6.08 Å². The summed E-state index contributed by atoms with van der Waals surface area (Å²) in [4.78, 5) is 22.4. The first-order valence-electron chi connectivity index (χ1n) is 6.58. The highest BCUT2D eigenvalue weighted by molar-refractivity contribution is 5.93. The number of amides is 1. The third-order valence-electron chi connectivity index (χ3n) is 2.92. The van der Waals surface area contributed by atoms with Crippen LogP contribution in [0.2, 0.25) is 0 Å². The smallest absolute Gasteiger partial charge is 0.331 e. The van der Waals surface area contributed by atoms with Gasteiger partial charge in [-0.2, -0.15) is 0 Å². The van der Waals surface area contributed by atoms with Crippen LogP contribution < -0.4 is 14.8 Å². The number of carboxylic acid groups (broad SMARTS) is 1. The van der Waals surface area contributed by atoms with Crippen molar-refractivity contribution in [3.8, 4) is 11.5 Å². The molecule has 0 heterocycles. The number of methoxy groups -OCH3 is 2. The van der Waals surface area contributed by atoms with Crippen molar-refractivity contribution in [3.63, 3.8) is 0 Å². The van der Waals surface area contributed by atoms with Gasteiger partial charge in [-0.15, -0.1) is 0 Å². The van der Waals surface area contributed by atoms with Gasteiger partial charge in [-0.1, -0.05) is 6.58 Å². The summed E-state index contributed by atoms with van der Waals surface area (Å²) >= 11 is 0. The second kappa shape index (κ2) is 8.51. The molecule has 0 aliphatic carbocycles. The van der Waals surface area contributed by atoms with E-state index in [2.05, 4.69) is 11.9 Å². The number of carbonyl (C=O) groups is 2. The molecule has 0 aliphatic rings. The Kier molecular flexibility index (Phi) is 6.69. The summed E-state index contributed by atoms with van der Waals surface area (Å²) in [5, 5.41) is 11.8. The van der Waals surface area contributed by atoms with Crippen molar-refractivity contribution in [3.05, 3.63) is 42.0 Å². The predicted octanol–water partition coefficient (Wildman–Crippen LogP) is 1.86. The van der Waals surface area contributed by atoms with Gasteiger partial charge in [0, 0.05) is 23.7 Å². The monoisotopic (exact) mass is 305 g/mol. The van der Waals surface area contributed by atoms with E-state index in [4.69, 9.17) is 9.47 Å². The van der Waals surface area contributed by atoms with E-state index in [1.165, 1.54) is 20.3 Å². The van der Waals surface area contributed by atoms with E-state index in [-0.39, 0.29) is 24.4 Å². The van der Waals surface area contributed by atoms with Crippen molar-refractivity contribution in [2.24, 2.45) is 0 Å². The average molecular weight is 305 g/mol. The Balaban J connectivity index is 2.95. The molecule has 1 aromatic rings. The zero-order valence-corrected chi connectivity index (χ0v) is 12.6. The molecule has 2 N–H and O–H groups in total.